The Morgan fingerprint density at radius 2 is 1.94 bits per heavy atom. The van der Waals surface area contributed by atoms with Crippen molar-refractivity contribution in [3.05, 3.63) is 0 Å². The number of rotatable bonds is 5. The summed E-state index contributed by atoms with van der Waals surface area (Å²) in [6.07, 6.45) is -5.03. The topological polar surface area (TPSA) is 24.5 Å². The Labute approximate surface area is 105 Å². The SMILES string of the molecule is CC.CN(CCOC(F)(F)F)CC1NCCC1F. The highest BCUT2D eigenvalue weighted by molar-refractivity contribution is 4.85. The van der Waals surface area contributed by atoms with E-state index in [1.54, 1.807) is 11.9 Å². The Morgan fingerprint density at radius 1 is 1.33 bits per heavy atom. The van der Waals surface area contributed by atoms with E-state index in [9.17, 15) is 17.6 Å². The minimum Gasteiger partial charge on any atom is -0.310 e. The maximum atomic E-state index is 13.2. The van der Waals surface area contributed by atoms with Gasteiger partial charge in [0.1, 0.15) is 6.17 Å². The van der Waals surface area contributed by atoms with E-state index in [0.29, 0.717) is 19.5 Å². The monoisotopic (exact) mass is 274 g/mol. The van der Waals surface area contributed by atoms with E-state index in [0.717, 1.165) is 0 Å². The van der Waals surface area contributed by atoms with Crippen LogP contribution in [0, 0.1) is 0 Å². The smallest absolute Gasteiger partial charge is 0.310 e. The molecule has 1 fully saturated rings. The number of hydrogen-bond acceptors (Lipinski definition) is 3. The number of alkyl halides is 4. The van der Waals surface area contributed by atoms with Gasteiger partial charge < -0.3 is 10.2 Å². The molecule has 0 saturated carbocycles. The molecule has 1 aliphatic rings. The Balaban J connectivity index is 0.00000137. The predicted molar refractivity (Wildman–Crippen MR) is 62.2 cm³/mol. The zero-order chi connectivity index (χ0) is 14.2. The van der Waals surface area contributed by atoms with Crippen LogP contribution >= 0.6 is 0 Å². The molecule has 1 saturated heterocycles. The fourth-order valence-corrected chi connectivity index (χ4v) is 1.66. The van der Waals surface area contributed by atoms with Crippen molar-refractivity contribution in [3.8, 4) is 0 Å². The van der Waals surface area contributed by atoms with E-state index in [4.69, 9.17) is 0 Å². The lowest BCUT2D eigenvalue weighted by Crippen LogP contribution is -2.41. The van der Waals surface area contributed by atoms with Crippen molar-refractivity contribution < 1.29 is 22.3 Å². The van der Waals surface area contributed by atoms with Crippen LogP contribution in [-0.2, 0) is 4.74 Å². The highest BCUT2D eigenvalue weighted by Crippen LogP contribution is 2.16. The summed E-state index contributed by atoms with van der Waals surface area (Å²) in [7, 11) is 1.65. The first-order chi connectivity index (χ1) is 8.38. The minimum atomic E-state index is -4.59. The molecule has 0 spiro atoms. The molecule has 2 atom stereocenters. The van der Waals surface area contributed by atoms with E-state index in [1.807, 2.05) is 13.8 Å². The van der Waals surface area contributed by atoms with Crippen molar-refractivity contribution in [3.63, 3.8) is 0 Å². The first-order valence-electron chi connectivity index (χ1n) is 6.15. The molecule has 1 heterocycles. The van der Waals surface area contributed by atoms with Crippen LogP contribution in [0.15, 0.2) is 0 Å². The molecule has 0 amide bonds. The van der Waals surface area contributed by atoms with Gasteiger partial charge in [0.2, 0.25) is 0 Å². The van der Waals surface area contributed by atoms with Crippen molar-refractivity contribution in [2.75, 3.05) is 33.3 Å². The number of nitrogens with one attached hydrogen (secondary N) is 1. The molecule has 18 heavy (non-hydrogen) atoms. The van der Waals surface area contributed by atoms with Crippen molar-refractivity contribution in [1.82, 2.24) is 10.2 Å². The summed E-state index contributed by atoms with van der Waals surface area (Å²) in [5.74, 6) is 0. The summed E-state index contributed by atoms with van der Waals surface area (Å²) in [5, 5.41) is 2.96. The van der Waals surface area contributed by atoms with Gasteiger partial charge in [0.15, 0.2) is 0 Å². The Morgan fingerprint density at radius 3 is 2.39 bits per heavy atom. The summed E-state index contributed by atoms with van der Waals surface area (Å²) < 4.78 is 51.8. The van der Waals surface area contributed by atoms with Crippen LogP contribution in [0.2, 0.25) is 0 Å². The molecule has 0 aromatic heterocycles. The minimum absolute atomic E-state index is 0.129. The molecule has 0 aromatic rings. The van der Waals surface area contributed by atoms with Crippen LogP contribution in [0.25, 0.3) is 0 Å². The zero-order valence-corrected chi connectivity index (χ0v) is 11.1. The van der Waals surface area contributed by atoms with E-state index < -0.39 is 19.1 Å². The molecule has 0 aromatic carbocycles. The third-order valence-electron chi connectivity index (χ3n) is 2.51. The van der Waals surface area contributed by atoms with E-state index >= 15 is 0 Å². The predicted octanol–water partition coefficient (Wildman–Crippen LogP) is 2.18. The average molecular weight is 274 g/mol. The molecular weight excluding hydrogens is 252 g/mol. The van der Waals surface area contributed by atoms with Gasteiger partial charge in [0, 0.05) is 13.1 Å². The molecule has 110 valence electrons. The maximum Gasteiger partial charge on any atom is 0.522 e. The summed E-state index contributed by atoms with van der Waals surface area (Å²) in [4.78, 5) is 1.63. The lowest BCUT2D eigenvalue weighted by molar-refractivity contribution is -0.324. The van der Waals surface area contributed by atoms with Crippen molar-refractivity contribution in [2.24, 2.45) is 0 Å². The Hall–Kier alpha value is -0.400. The van der Waals surface area contributed by atoms with Crippen LogP contribution in [0.4, 0.5) is 17.6 Å². The summed E-state index contributed by atoms with van der Waals surface area (Å²) in [5.41, 5.74) is 0. The standard InChI is InChI=1S/C9H16F4N2O.C2H6/c1-15(4-5-16-9(11,12)13)6-8-7(10)2-3-14-8;1-2/h7-8,14H,2-6H2,1H3;1-2H3. The first-order valence-corrected chi connectivity index (χ1v) is 6.15. The van der Waals surface area contributed by atoms with Gasteiger partial charge in [-0.3, -0.25) is 4.74 Å². The largest absolute Gasteiger partial charge is 0.522 e. The van der Waals surface area contributed by atoms with Crippen LogP contribution in [0.1, 0.15) is 20.3 Å². The highest BCUT2D eigenvalue weighted by Gasteiger charge is 2.30. The second-order valence-corrected chi connectivity index (χ2v) is 3.92. The molecule has 1 rings (SSSR count). The average Bonchev–Trinajstić information content (AvgIpc) is 2.65. The van der Waals surface area contributed by atoms with E-state index in [-0.39, 0.29) is 12.6 Å². The van der Waals surface area contributed by atoms with Crippen molar-refractivity contribution in [1.29, 1.82) is 0 Å². The van der Waals surface area contributed by atoms with E-state index in [1.165, 1.54) is 0 Å². The lowest BCUT2D eigenvalue weighted by Gasteiger charge is -2.22. The molecular formula is C11H22F4N2O. The Kier molecular flexibility index (Phi) is 8.47. The van der Waals surface area contributed by atoms with Gasteiger partial charge in [0.05, 0.1) is 12.6 Å². The Bertz CT molecular complexity index is 214. The molecule has 1 N–H and O–H groups in total. The number of likely N-dealkylation sites (N-methyl/N-ethyl adjacent to an activating group) is 1. The van der Waals surface area contributed by atoms with Crippen LogP contribution in [0.5, 0.6) is 0 Å². The van der Waals surface area contributed by atoms with Gasteiger partial charge >= 0.3 is 6.36 Å². The second-order valence-electron chi connectivity index (χ2n) is 3.92. The van der Waals surface area contributed by atoms with Gasteiger partial charge in [0.25, 0.3) is 0 Å². The summed E-state index contributed by atoms with van der Waals surface area (Å²) >= 11 is 0. The molecule has 1 aliphatic heterocycles. The lowest BCUT2D eigenvalue weighted by atomic mass is 10.2. The van der Waals surface area contributed by atoms with Gasteiger partial charge in [-0.15, -0.1) is 13.2 Å². The van der Waals surface area contributed by atoms with E-state index in [2.05, 4.69) is 10.1 Å². The molecule has 2 unspecified atom stereocenters. The highest BCUT2D eigenvalue weighted by atomic mass is 19.4. The molecule has 0 aliphatic carbocycles. The number of halogens is 4. The van der Waals surface area contributed by atoms with Gasteiger partial charge in [-0.25, -0.2) is 4.39 Å². The van der Waals surface area contributed by atoms with Crippen molar-refractivity contribution >= 4 is 0 Å². The third kappa shape index (κ3) is 7.84. The van der Waals surface area contributed by atoms with Crippen LogP contribution in [0.3, 0.4) is 0 Å². The van der Waals surface area contributed by atoms with Gasteiger partial charge in [-0.2, -0.15) is 0 Å². The van der Waals surface area contributed by atoms with Crippen LogP contribution in [-0.4, -0.2) is 56.8 Å². The quantitative estimate of drug-likeness (QED) is 0.778. The molecule has 0 bridgehead atoms. The zero-order valence-electron chi connectivity index (χ0n) is 11.1. The van der Waals surface area contributed by atoms with Gasteiger partial charge in [-0.05, 0) is 20.0 Å². The number of ether oxygens (including phenoxy) is 1. The number of hydrogen-bond donors (Lipinski definition) is 1. The maximum absolute atomic E-state index is 13.2. The van der Waals surface area contributed by atoms with Crippen molar-refractivity contribution in [2.45, 2.75) is 38.8 Å². The summed E-state index contributed by atoms with van der Waals surface area (Å²) in [6.45, 7) is 4.72. The normalized spacial score (nSPS) is 24.0. The molecule has 3 nitrogen and oxygen atoms in total. The second kappa shape index (κ2) is 8.66. The summed E-state index contributed by atoms with van der Waals surface area (Å²) in [6, 6.07) is -0.282. The molecule has 0 radical (unpaired) electrons. The third-order valence-corrected chi connectivity index (χ3v) is 2.51. The fraction of sp³-hybridized carbons (Fsp3) is 1.00. The van der Waals surface area contributed by atoms with Gasteiger partial charge in [-0.1, -0.05) is 13.8 Å². The van der Waals surface area contributed by atoms with Crippen LogP contribution < -0.4 is 5.32 Å². The molecule has 7 heteroatoms. The first kappa shape index (κ1) is 17.6. The number of nitrogens with zero attached hydrogens (tertiary/aromatic N) is 1. The fourth-order valence-electron chi connectivity index (χ4n) is 1.66.